The smallest absolute Gasteiger partial charge is 0.204 e. The van der Waals surface area contributed by atoms with Crippen molar-refractivity contribution in [1.29, 1.82) is 0 Å². The molecule has 0 bridgehead atoms. The number of benzene rings is 1. The van der Waals surface area contributed by atoms with Crippen LogP contribution in [0.3, 0.4) is 0 Å². The highest BCUT2D eigenvalue weighted by atomic mass is 32.2. The van der Waals surface area contributed by atoms with Gasteiger partial charge in [-0.3, -0.25) is 0 Å². The molecule has 1 aromatic rings. The number of likely N-dealkylation sites (N-methyl/N-ethyl adjacent to an activating group) is 1. The van der Waals surface area contributed by atoms with Gasteiger partial charge in [-0.1, -0.05) is 12.1 Å². The van der Waals surface area contributed by atoms with Crippen LogP contribution in [0.4, 0.5) is 0 Å². The van der Waals surface area contributed by atoms with Crippen LogP contribution in [0.5, 0.6) is 0 Å². The number of hydrogen-bond donors (Lipinski definition) is 1. The molecule has 3 nitrogen and oxygen atoms in total. The molecule has 86 valence electrons. The molecule has 4 heteroatoms. The van der Waals surface area contributed by atoms with Gasteiger partial charge >= 0.3 is 0 Å². The minimum absolute atomic E-state index is 0.155. The van der Waals surface area contributed by atoms with Gasteiger partial charge in [-0.2, -0.15) is 0 Å². The van der Waals surface area contributed by atoms with Crippen LogP contribution in [0.25, 0.3) is 6.08 Å². The van der Waals surface area contributed by atoms with Crippen LogP contribution in [-0.4, -0.2) is 21.5 Å². The Labute approximate surface area is 96.1 Å². The highest BCUT2D eigenvalue weighted by Gasteiger charge is 2.32. The Morgan fingerprint density at radius 2 is 2.00 bits per heavy atom. The Morgan fingerprint density at radius 1 is 1.31 bits per heavy atom. The van der Waals surface area contributed by atoms with Crippen LogP contribution in [0, 0.1) is 6.92 Å². The van der Waals surface area contributed by atoms with E-state index in [1.807, 2.05) is 26.0 Å². The van der Waals surface area contributed by atoms with Crippen molar-refractivity contribution in [3.8, 4) is 0 Å². The molecule has 0 saturated heterocycles. The molecule has 0 spiro atoms. The van der Waals surface area contributed by atoms with E-state index in [9.17, 15) is 8.42 Å². The lowest BCUT2D eigenvalue weighted by atomic mass is 10.1. The largest absolute Gasteiger partial charge is 0.313 e. The molecule has 1 aromatic carbocycles. The van der Waals surface area contributed by atoms with Crippen LogP contribution in [-0.2, 0) is 9.84 Å². The van der Waals surface area contributed by atoms with Crippen LogP contribution in [0.2, 0.25) is 0 Å². The van der Waals surface area contributed by atoms with E-state index in [4.69, 9.17) is 0 Å². The Bertz CT molecular complexity index is 558. The molecular weight excluding hydrogens is 222 g/mol. The minimum atomic E-state index is -3.28. The van der Waals surface area contributed by atoms with Gasteiger partial charge in [0.1, 0.15) is 0 Å². The van der Waals surface area contributed by atoms with E-state index in [0.29, 0.717) is 9.80 Å². The van der Waals surface area contributed by atoms with Crippen molar-refractivity contribution < 1.29 is 8.42 Å². The summed E-state index contributed by atoms with van der Waals surface area (Å²) >= 11 is 0. The Balaban J connectivity index is 2.60. The van der Waals surface area contributed by atoms with E-state index in [1.54, 1.807) is 19.2 Å². The van der Waals surface area contributed by atoms with Gasteiger partial charge in [-0.25, -0.2) is 8.42 Å². The van der Waals surface area contributed by atoms with E-state index < -0.39 is 9.84 Å². The van der Waals surface area contributed by atoms with E-state index in [2.05, 4.69) is 5.32 Å². The number of fused-ring (bicyclic) bond motifs is 1. The van der Waals surface area contributed by atoms with Gasteiger partial charge in [0, 0.05) is 6.04 Å². The maximum Gasteiger partial charge on any atom is 0.204 e. The quantitative estimate of drug-likeness (QED) is 0.852. The van der Waals surface area contributed by atoms with Gasteiger partial charge in [0.15, 0.2) is 0 Å². The molecule has 0 saturated carbocycles. The first-order valence-electron chi connectivity index (χ1n) is 5.21. The fraction of sp³-hybridized carbons (Fsp3) is 0.333. The van der Waals surface area contributed by atoms with Crippen LogP contribution in [0.15, 0.2) is 28.0 Å². The molecule has 1 unspecified atom stereocenters. The second-order valence-corrected chi connectivity index (χ2v) is 6.02. The fourth-order valence-corrected chi connectivity index (χ4v) is 3.75. The van der Waals surface area contributed by atoms with Crippen LogP contribution >= 0.6 is 0 Å². The SMILES string of the molecule is CNC(C)C1=Cc2ccc(C)cc2S1(=O)=O. The molecule has 0 aliphatic carbocycles. The van der Waals surface area contributed by atoms with E-state index in [-0.39, 0.29) is 6.04 Å². The summed E-state index contributed by atoms with van der Waals surface area (Å²) in [5, 5.41) is 2.96. The van der Waals surface area contributed by atoms with E-state index in [0.717, 1.165) is 11.1 Å². The summed E-state index contributed by atoms with van der Waals surface area (Å²) in [6.45, 7) is 3.75. The molecule has 0 aromatic heterocycles. The molecule has 0 fully saturated rings. The predicted molar refractivity (Wildman–Crippen MR) is 64.9 cm³/mol. The lowest BCUT2D eigenvalue weighted by molar-refractivity contribution is 0.595. The first kappa shape index (κ1) is 11.4. The maximum atomic E-state index is 12.2. The summed E-state index contributed by atoms with van der Waals surface area (Å²) < 4.78 is 24.5. The third-order valence-corrected chi connectivity index (χ3v) is 4.95. The lowest BCUT2D eigenvalue weighted by Crippen LogP contribution is -2.26. The highest BCUT2D eigenvalue weighted by Crippen LogP contribution is 2.34. The van der Waals surface area contributed by atoms with Crippen LogP contribution < -0.4 is 5.32 Å². The zero-order valence-electron chi connectivity index (χ0n) is 9.61. The van der Waals surface area contributed by atoms with Crippen molar-refractivity contribution in [2.24, 2.45) is 0 Å². The highest BCUT2D eigenvalue weighted by molar-refractivity contribution is 7.96. The molecule has 1 aliphatic rings. The van der Waals surface area contributed by atoms with Gasteiger partial charge in [-0.05, 0) is 44.2 Å². The van der Waals surface area contributed by atoms with Gasteiger partial charge in [0.05, 0.1) is 9.80 Å². The number of hydrogen-bond acceptors (Lipinski definition) is 3. The molecule has 1 aliphatic heterocycles. The molecule has 0 radical (unpaired) electrons. The molecule has 1 heterocycles. The Morgan fingerprint density at radius 3 is 2.62 bits per heavy atom. The number of rotatable bonds is 2. The van der Waals surface area contributed by atoms with Gasteiger partial charge in [-0.15, -0.1) is 0 Å². The summed E-state index contributed by atoms with van der Waals surface area (Å²) in [6, 6.07) is 5.36. The van der Waals surface area contributed by atoms with Gasteiger partial charge < -0.3 is 5.32 Å². The Hall–Kier alpha value is -1.13. The normalized spacial score (nSPS) is 19.1. The van der Waals surface area contributed by atoms with Crippen molar-refractivity contribution in [2.45, 2.75) is 24.8 Å². The zero-order valence-corrected chi connectivity index (χ0v) is 10.4. The molecular formula is C12H15NO2S. The average Bonchev–Trinajstić information content (AvgIpc) is 2.50. The first-order valence-corrected chi connectivity index (χ1v) is 6.69. The maximum absolute atomic E-state index is 12.2. The molecule has 2 rings (SSSR count). The molecule has 16 heavy (non-hydrogen) atoms. The fourth-order valence-electron chi connectivity index (χ4n) is 1.85. The van der Waals surface area contributed by atoms with E-state index >= 15 is 0 Å². The predicted octanol–water partition coefficient (Wildman–Crippen LogP) is 1.73. The molecule has 0 amide bonds. The van der Waals surface area contributed by atoms with Crippen molar-refractivity contribution in [3.05, 3.63) is 34.2 Å². The third-order valence-electron chi connectivity index (χ3n) is 2.93. The van der Waals surface area contributed by atoms with Crippen molar-refractivity contribution >= 4 is 15.9 Å². The lowest BCUT2D eigenvalue weighted by Gasteiger charge is -2.11. The summed E-state index contributed by atoms with van der Waals surface area (Å²) in [5.41, 5.74) is 1.76. The minimum Gasteiger partial charge on any atom is -0.313 e. The second kappa shape index (κ2) is 3.71. The van der Waals surface area contributed by atoms with Gasteiger partial charge in [0.25, 0.3) is 0 Å². The second-order valence-electron chi connectivity index (χ2n) is 4.10. The monoisotopic (exact) mass is 237 g/mol. The average molecular weight is 237 g/mol. The standard InChI is InChI=1S/C12H15NO2S/c1-8-4-5-10-7-11(9(2)13-3)16(14,15)12(10)6-8/h4-7,9,13H,1-3H3. The number of aryl methyl sites for hydroxylation is 1. The van der Waals surface area contributed by atoms with Crippen molar-refractivity contribution in [2.75, 3.05) is 7.05 Å². The van der Waals surface area contributed by atoms with Crippen molar-refractivity contribution in [3.63, 3.8) is 0 Å². The van der Waals surface area contributed by atoms with Crippen molar-refractivity contribution in [1.82, 2.24) is 5.32 Å². The summed E-state index contributed by atoms with van der Waals surface area (Å²) in [6.07, 6.45) is 1.76. The zero-order chi connectivity index (χ0) is 11.9. The summed E-state index contributed by atoms with van der Waals surface area (Å²) in [5.74, 6) is 0. The first-order chi connectivity index (χ1) is 7.46. The number of sulfone groups is 1. The topological polar surface area (TPSA) is 46.2 Å². The third kappa shape index (κ3) is 1.58. The summed E-state index contributed by atoms with van der Waals surface area (Å²) in [4.78, 5) is 0.889. The Kier molecular flexibility index (Phi) is 2.64. The van der Waals surface area contributed by atoms with Crippen LogP contribution in [0.1, 0.15) is 18.1 Å². The summed E-state index contributed by atoms with van der Waals surface area (Å²) in [7, 11) is -1.52. The number of nitrogens with one attached hydrogen (secondary N) is 1. The van der Waals surface area contributed by atoms with E-state index in [1.165, 1.54) is 0 Å². The molecule has 1 N–H and O–H groups in total. The molecule has 1 atom stereocenters. The van der Waals surface area contributed by atoms with Gasteiger partial charge in [0.2, 0.25) is 9.84 Å².